The summed E-state index contributed by atoms with van der Waals surface area (Å²) in [6.45, 7) is 3.60. The fraction of sp³-hybridized carbons (Fsp3) is 0.750. The van der Waals surface area contributed by atoms with Gasteiger partial charge >= 0.3 is 11.9 Å². The van der Waals surface area contributed by atoms with E-state index < -0.39 is 5.97 Å². The predicted molar refractivity (Wildman–Crippen MR) is 42.7 cm³/mol. The van der Waals surface area contributed by atoms with E-state index in [1.54, 1.807) is 6.92 Å². The highest BCUT2D eigenvalue weighted by Gasteiger charge is 2.11. The maximum absolute atomic E-state index is 10.9. The van der Waals surface area contributed by atoms with Crippen molar-refractivity contribution >= 4 is 11.9 Å². The van der Waals surface area contributed by atoms with Crippen molar-refractivity contribution in [3.8, 4) is 0 Å². The molecule has 0 heterocycles. The van der Waals surface area contributed by atoms with Gasteiger partial charge in [0.05, 0.1) is 12.3 Å². The lowest BCUT2D eigenvalue weighted by molar-refractivity contribution is -0.150. The molecule has 0 fully saturated rings. The van der Waals surface area contributed by atoms with Gasteiger partial charge in [0, 0.05) is 0 Å². The van der Waals surface area contributed by atoms with Crippen molar-refractivity contribution in [3.05, 3.63) is 0 Å². The van der Waals surface area contributed by atoms with Crippen molar-refractivity contribution < 1.29 is 19.4 Å². The first kappa shape index (κ1) is 10.9. The molecular formula is C8H14O4. The van der Waals surface area contributed by atoms with E-state index in [9.17, 15) is 9.59 Å². The highest BCUT2D eigenvalue weighted by molar-refractivity contribution is 5.72. The Bertz CT molecular complexity index is 164. The molecule has 4 heteroatoms. The van der Waals surface area contributed by atoms with Gasteiger partial charge in [0.1, 0.15) is 6.61 Å². The molecule has 0 aromatic heterocycles. The number of carboxylic acid groups (broad SMARTS) is 1. The summed E-state index contributed by atoms with van der Waals surface area (Å²) in [4.78, 5) is 21.0. The topological polar surface area (TPSA) is 63.6 Å². The Labute approximate surface area is 71.5 Å². The zero-order valence-corrected chi connectivity index (χ0v) is 7.37. The molecular weight excluding hydrogens is 160 g/mol. The van der Waals surface area contributed by atoms with Crippen molar-refractivity contribution in [2.45, 2.75) is 26.7 Å². The summed E-state index contributed by atoms with van der Waals surface area (Å²) in [6, 6.07) is 0. The predicted octanol–water partition coefficient (Wildman–Crippen LogP) is 1.05. The number of ether oxygens (including phenoxy) is 1. The lowest BCUT2D eigenvalue weighted by atomic mass is 10.1. The summed E-state index contributed by atoms with van der Waals surface area (Å²) in [5.41, 5.74) is 0. The van der Waals surface area contributed by atoms with Gasteiger partial charge in [0.25, 0.3) is 0 Å². The standard InChI is InChI=1S/C8H14O4/c1-3-6(2)8(11)12-5-4-7(9)10/h6H,3-5H2,1-2H3,(H,9,10). The van der Waals surface area contributed by atoms with Crippen LogP contribution < -0.4 is 0 Å². The quantitative estimate of drug-likeness (QED) is 0.633. The summed E-state index contributed by atoms with van der Waals surface area (Å²) in [6.07, 6.45) is 0.591. The van der Waals surface area contributed by atoms with Crippen LogP contribution in [-0.4, -0.2) is 23.7 Å². The van der Waals surface area contributed by atoms with Crippen LogP contribution >= 0.6 is 0 Å². The summed E-state index contributed by atoms with van der Waals surface area (Å²) in [5.74, 6) is -1.41. The SMILES string of the molecule is CCC(C)C(=O)OCCC(=O)O. The maximum atomic E-state index is 10.9. The van der Waals surface area contributed by atoms with Gasteiger partial charge in [-0.25, -0.2) is 0 Å². The molecule has 0 aliphatic carbocycles. The number of carbonyl (C=O) groups excluding carboxylic acids is 1. The third-order valence-electron chi connectivity index (χ3n) is 1.57. The maximum Gasteiger partial charge on any atom is 0.308 e. The lowest BCUT2D eigenvalue weighted by Crippen LogP contribution is -2.15. The van der Waals surface area contributed by atoms with Crippen LogP contribution in [0.1, 0.15) is 26.7 Å². The van der Waals surface area contributed by atoms with Gasteiger partial charge in [-0.3, -0.25) is 9.59 Å². The normalized spacial score (nSPS) is 12.2. The Morgan fingerprint density at radius 1 is 1.50 bits per heavy atom. The van der Waals surface area contributed by atoms with E-state index in [0.717, 1.165) is 0 Å². The highest BCUT2D eigenvalue weighted by atomic mass is 16.5. The molecule has 0 aliphatic rings. The van der Waals surface area contributed by atoms with Gasteiger partial charge in [-0.05, 0) is 6.42 Å². The van der Waals surface area contributed by atoms with E-state index in [4.69, 9.17) is 5.11 Å². The number of aliphatic carboxylic acids is 1. The molecule has 0 aromatic rings. The van der Waals surface area contributed by atoms with Crippen molar-refractivity contribution in [2.24, 2.45) is 5.92 Å². The van der Waals surface area contributed by atoms with Gasteiger partial charge < -0.3 is 9.84 Å². The van der Waals surface area contributed by atoms with Crippen molar-refractivity contribution in [3.63, 3.8) is 0 Å². The van der Waals surface area contributed by atoms with Crippen LogP contribution in [0, 0.1) is 5.92 Å². The average Bonchev–Trinajstić information content (AvgIpc) is 2.02. The first-order chi connectivity index (χ1) is 5.57. The van der Waals surface area contributed by atoms with Crippen LogP contribution in [0.25, 0.3) is 0 Å². The Morgan fingerprint density at radius 2 is 2.08 bits per heavy atom. The van der Waals surface area contributed by atoms with Gasteiger partial charge in [0.15, 0.2) is 0 Å². The second-order valence-electron chi connectivity index (χ2n) is 2.62. The molecule has 0 radical (unpaired) electrons. The van der Waals surface area contributed by atoms with Crippen LogP contribution in [-0.2, 0) is 14.3 Å². The highest BCUT2D eigenvalue weighted by Crippen LogP contribution is 2.03. The number of carbonyl (C=O) groups is 2. The molecule has 1 unspecified atom stereocenters. The third-order valence-corrected chi connectivity index (χ3v) is 1.57. The van der Waals surface area contributed by atoms with Gasteiger partial charge in [-0.1, -0.05) is 13.8 Å². The Balaban J connectivity index is 3.50. The Morgan fingerprint density at radius 3 is 2.50 bits per heavy atom. The molecule has 1 atom stereocenters. The summed E-state index contributed by atoms with van der Waals surface area (Å²) in [5, 5.41) is 8.23. The van der Waals surface area contributed by atoms with Crippen LogP contribution in [0.3, 0.4) is 0 Å². The molecule has 1 N–H and O–H groups in total. The van der Waals surface area contributed by atoms with E-state index >= 15 is 0 Å². The van der Waals surface area contributed by atoms with E-state index in [2.05, 4.69) is 4.74 Å². The van der Waals surface area contributed by atoms with E-state index in [1.165, 1.54) is 0 Å². The van der Waals surface area contributed by atoms with Gasteiger partial charge in [0.2, 0.25) is 0 Å². The minimum atomic E-state index is -0.952. The average molecular weight is 174 g/mol. The number of carboxylic acids is 1. The van der Waals surface area contributed by atoms with Crippen LogP contribution in [0.2, 0.25) is 0 Å². The zero-order valence-electron chi connectivity index (χ0n) is 7.37. The van der Waals surface area contributed by atoms with Crippen LogP contribution in [0.5, 0.6) is 0 Å². The van der Waals surface area contributed by atoms with Crippen molar-refractivity contribution in [2.75, 3.05) is 6.61 Å². The molecule has 4 nitrogen and oxygen atoms in total. The molecule has 12 heavy (non-hydrogen) atoms. The number of hydrogen-bond donors (Lipinski definition) is 1. The molecule has 0 saturated heterocycles. The molecule has 0 aromatic carbocycles. The Hall–Kier alpha value is -1.06. The largest absolute Gasteiger partial charge is 0.481 e. The third kappa shape index (κ3) is 4.71. The van der Waals surface area contributed by atoms with E-state index in [1.807, 2.05) is 6.92 Å². The number of esters is 1. The van der Waals surface area contributed by atoms with Crippen molar-refractivity contribution in [1.29, 1.82) is 0 Å². The minimum Gasteiger partial charge on any atom is -0.481 e. The zero-order chi connectivity index (χ0) is 9.56. The fourth-order valence-electron chi connectivity index (χ4n) is 0.548. The molecule has 0 amide bonds. The second kappa shape index (κ2) is 5.57. The molecule has 0 bridgehead atoms. The smallest absolute Gasteiger partial charge is 0.308 e. The molecule has 70 valence electrons. The molecule has 0 saturated carbocycles. The first-order valence-corrected chi connectivity index (χ1v) is 3.96. The van der Waals surface area contributed by atoms with Crippen LogP contribution in [0.4, 0.5) is 0 Å². The number of hydrogen-bond acceptors (Lipinski definition) is 3. The van der Waals surface area contributed by atoms with Gasteiger partial charge in [-0.2, -0.15) is 0 Å². The summed E-state index contributed by atoms with van der Waals surface area (Å²) < 4.78 is 4.69. The minimum absolute atomic E-state index is 0.0293. The van der Waals surface area contributed by atoms with E-state index in [0.29, 0.717) is 6.42 Å². The summed E-state index contributed by atoms with van der Waals surface area (Å²) >= 11 is 0. The number of rotatable bonds is 5. The monoisotopic (exact) mass is 174 g/mol. The molecule has 0 aliphatic heterocycles. The van der Waals surface area contributed by atoms with Gasteiger partial charge in [-0.15, -0.1) is 0 Å². The Kier molecular flexibility index (Phi) is 5.08. The second-order valence-corrected chi connectivity index (χ2v) is 2.62. The first-order valence-electron chi connectivity index (χ1n) is 3.96. The van der Waals surface area contributed by atoms with Crippen LogP contribution in [0.15, 0.2) is 0 Å². The summed E-state index contributed by atoms with van der Waals surface area (Å²) in [7, 11) is 0. The van der Waals surface area contributed by atoms with E-state index in [-0.39, 0.29) is 24.9 Å². The lowest BCUT2D eigenvalue weighted by Gasteiger charge is -2.07. The molecule has 0 rings (SSSR count). The fourth-order valence-corrected chi connectivity index (χ4v) is 0.548. The molecule has 0 spiro atoms. The van der Waals surface area contributed by atoms with Crippen molar-refractivity contribution in [1.82, 2.24) is 0 Å².